The van der Waals surface area contributed by atoms with Crippen molar-refractivity contribution in [1.82, 2.24) is 14.8 Å². The molecule has 2 N–H and O–H groups in total. The molecule has 1 aromatic carbocycles. The third-order valence-electron chi connectivity index (χ3n) is 3.98. The molecule has 1 atom stereocenters. The highest BCUT2D eigenvalue weighted by molar-refractivity contribution is 5.38. The lowest BCUT2D eigenvalue weighted by molar-refractivity contribution is 0.282. The molecule has 5 heteroatoms. The molecule has 0 spiro atoms. The van der Waals surface area contributed by atoms with Crippen LogP contribution in [0.5, 0.6) is 5.75 Å². The maximum atomic E-state index is 6.14. The number of ether oxygens (including phenoxy) is 1. The summed E-state index contributed by atoms with van der Waals surface area (Å²) >= 11 is 0. The van der Waals surface area contributed by atoms with E-state index in [2.05, 4.69) is 36.1 Å². The fraction of sp³-hybridized carbons (Fsp3) is 0.500. The first-order valence-corrected chi connectivity index (χ1v) is 7.54. The zero-order valence-corrected chi connectivity index (χ0v) is 12.6. The summed E-state index contributed by atoms with van der Waals surface area (Å²) in [6.07, 6.45) is 4.89. The highest BCUT2D eigenvalue weighted by Gasteiger charge is 2.17. The molecule has 21 heavy (non-hydrogen) atoms. The highest BCUT2D eigenvalue weighted by Crippen LogP contribution is 2.30. The number of benzene rings is 1. The first-order chi connectivity index (χ1) is 10.1. The molecular formula is C16H22N4O. The van der Waals surface area contributed by atoms with Crippen molar-refractivity contribution in [3.05, 3.63) is 41.5 Å². The largest absolute Gasteiger partial charge is 0.486 e. The van der Waals surface area contributed by atoms with Crippen LogP contribution in [0.25, 0.3) is 0 Å². The minimum atomic E-state index is 0.173. The van der Waals surface area contributed by atoms with E-state index in [1.807, 2.05) is 10.7 Å². The van der Waals surface area contributed by atoms with Gasteiger partial charge >= 0.3 is 0 Å². The van der Waals surface area contributed by atoms with Gasteiger partial charge in [0.2, 0.25) is 0 Å². The van der Waals surface area contributed by atoms with Gasteiger partial charge in [0, 0.05) is 12.1 Å². The summed E-state index contributed by atoms with van der Waals surface area (Å²) < 4.78 is 7.76. The van der Waals surface area contributed by atoms with Crippen LogP contribution in [0.15, 0.2) is 24.5 Å². The Morgan fingerprint density at radius 1 is 1.43 bits per heavy atom. The van der Waals surface area contributed by atoms with E-state index in [1.165, 1.54) is 11.1 Å². The molecule has 0 radical (unpaired) electrons. The minimum absolute atomic E-state index is 0.173. The lowest BCUT2D eigenvalue weighted by atomic mass is 9.88. The summed E-state index contributed by atoms with van der Waals surface area (Å²) in [6.45, 7) is 4.60. The van der Waals surface area contributed by atoms with E-state index in [4.69, 9.17) is 10.5 Å². The summed E-state index contributed by atoms with van der Waals surface area (Å²) in [6, 6.07) is 6.67. The quantitative estimate of drug-likeness (QED) is 0.938. The normalized spacial score (nSPS) is 17.8. The van der Waals surface area contributed by atoms with E-state index in [-0.39, 0.29) is 12.1 Å². The molecule has 1 heterocycles. The SMILES string of the molecule is CC(C)n1ncnc1COc1ccc2c(c1)CCCC2N. The third-order valence-corrected chi connectivity index (χ3v) is 3.98. The van der Waals surface area contributed by atoms with Gasteiger partial charge < -0.3 is 10.5 Å². The van der Waals surface area contributed by atoms with Crippen LogP contribution < -0.4 is 10.5 Å². The fourth-order valence-corrected chi connectivity index (χ4v) is 2.87. The average Bonchev–Trinajstić information content (AvgIpc) is 2.94. The number of aromatic nitrogens is 3. The molecule has 0 saturated carbocycles. The van der Waals surface area contributed by atoms with Crippen LogP contribution in [0.2, 0.25) is 0 Å². The summed E-state index contributed by atoms with van der Waals surface area (Å²) in [5.41, 5.74) is 8.72. The van der Waals surface area contributed by atoms with E-state index in [9.17, 15) is 0 Å². The topological polar surface area (TPSA) is 66.0 Å². The molecule has 0 amide bonds. The second kappa shape index (κ2) is 5.85. The molecule has 2 aromatic rings. The Bertz CT molecular complexity index is 620. The van der Waals surface area contributed by atoms with Gasteiger partial charge in [-0.25, -0.2) is 9.67 Å². The van der Waals surface area contributed by atoms with Gasteiger partial charge in [0.05, 0.1) is 0 Å². The molecule has 0 aliphatic heterocycles. The van der Waals surface area contributed by atoms with Crippen molar-refractivity contribution in [2.75, 3.05) is 0 Å². The zero-order valence-electron chi connectivity index (χ0n) is 12.6. The number of nitrogens with two attached hydrogens (primary N) is 1. The van der Waals surface area contributed by atoms with Crippen LogP contribution in [0.4, 0.5) is 0 Å². The van der Waals surface area contributed by atoms with Crippen LogP contribution in [-0.4, -0.2) is 14.8 Å². The van der Waals surface area contributed by atoms with Crippen molar-refractivity contribution in [2.24, 2.45) is 5.73 Å². The maximum Gasteiger partial charge on any atom is 0.165 e. The second-order valence-corrected chi connectivity index (χ2v) is 5.86. The monoisotopic (exact) mass is 286 g/mol. The van der Waals surface area contributed by atoms with Gasteiger partial charge in [0.15, 0.2) is 5.82 Å². The van der Waals surface area contributed by atoms with Gasteiger partial charge in [0.25, 0.3) is 0 Å². The molecule has 112 valence electrons. The van der Waals surface area contributed by atoms with E-state index >= 15 is 0 Å². The Hall–Kier alpha value is -1.88. The predicted molar refractivity (Wildman–Crippen MR) is 81.0 cm³/mol. The molecule has 0 fully saturated rings. The van der Waals surface area contributed by atoms with Crippen LogP contribution in [0, 0.1) is 0 Å². The van der Waals surface area contributed by atoms with Crippen LogP contribution >= 0.6 is 0 Å². The molecule has 0 bridgehead atoms. The van der Waals surface area contributed by atoms with Gasteiger partial charge in [-0.15, -0.1) is 0 Å². The summed E-state index contributed by atoms with van der Waals surface area (Å²) in [5.74, 6) is 1.72. The van der Waals surface area contributed by atoms with Gasteiger partial charge in [-0.2, -0.15) is 5.10 Å². The Kier molecular flexibility index (Phi) is 3.92. The van der Waals surface area contributed by atoms with Crippen molar-refractivity contribution in [3.63, 3.8) is 0 Å². The number of nitrogens with zero attached hydrogens (tertiary/aromatic N) is 3. The van der Waals surface area contributed by atoms with Gasteiger partial charge in [-0.1, -0.05) is 6.07 Å². The number of hydrogen-bond donors (Lipinski definition) is 1. The second-order valence-electron chi connectivity index (χ2n) is 5.86. The molecule has 1 unspecified atom stereocenters. The van der Waals surface area contributed by atoms with Crippen LogP contribution in [-0.2, 0) is 13.0 Å². The molecular weight excluding hydrogens is 264 g/mol. The number of fused-ring (bicyclic) bond motifs is 1. The van der Waals surface area contributed by atoms with Gasteiger partial charge in [-0.3, -0.25) is 0 Å². The van der Waals surface area contributed by atoms with E-state index in [1.54, 1.807) is 6.33 Å². The van der Waals surface area contributed by atoms with Crippen molar-refractivity contribution < 1.29 is 4.74 Å². The Labute approximate surface area is 125 Å². The lowest BCUT2D eigenvalue weighted by Crippen LogP contribution is -2.17. The van der Waals surface area contributed by atoms with Gasteiger partial charge in [0.1, 0.15) is 18.7 Å². The summed E-state index contributed by atoms with van der Waals surface area (Å²) in [4.78, 5) is 4.26. The van der Waals surface area contributed by atoms with Crippen LogP contribution in [0.1, 0.15) is 55.7 Å². The average molecular weight is 286 g/mol. The molecule has 3 rings (SSSR count). The first kappa shape index (κ1) is 14.1. The number of aryl methyl sites for hydroxylation is 1. The standard InChI is InChI=1S/C16H22N4O/c1-11(2)20-16(18-10-19-20)9-21-13-6-7-14-12(8-13)4-3-5-15(14)17/h6-8,10-11,15H,3-5,9,17H2,1-2H3. The smallest absolute Gasteiger partial charge is 0.165 e. The molecule has 0 saturated heterocycles. The predicted octanol–water partition coefficient (Wildman–Crippen LogP) is 2.77. The zero-order chi connectivity index (χ0) is 14.8. The van der Waals surface area contributed by atoms with Gasteiger partial charge in [-0.05, 0) is 56.4 Å². The van der Waals surface area contributed by atoms with Crippen molar-refractivity contribution >= 4 is 0 Å². The van der Waals surface area contributed by atoms with E-state index in [0.717, 1.165) is 30.8 Å². The molecule has 1 aliphatic rings. The first-order valence-electron chi connectivity index (χ1n) is 7.54. The number of hydrogen-bond acceptors (Lipinski definition) is 4. The Morgan fingerprint density at radius 3 is 3.10 bits per heavy atom. The molecule has 1 aromatic heterocycles. The maximum absolute atomic E-state index is 6.14. The van der Waals surface area contributed by atoms with E-state index in [0.29, 0.717) is 6.61 Å². The number of rotatable bonds is 4. The van der Waals surface area contributed by atoms with Crippen molar-refractivity contribution in [2.45, 2.75) is 51.8 Å². The van der Waals surface area contributed by atoms with Crippen molar-refractivity contribution in [1.29, 1.82) is 0 Å². The molecule has 5 nitrogen and oxygen atoms in total. The Balaban J connectivity index is 1.72. The highest BCUT2D eigenvalue weighted by atomic mass is 16.5. The van der Waals surface area contributed by atoms with E-state index < -0.39 is 0 Å². The lowest BCUT2D eigenvalue weighted by Gasteiger charge is -2.22. The molecule has 1 aliphatic carbocycles. The fourth-order valence-electron chi connectivity index (χ4n) is 2.87. The Morgan fingerprint density at radius 2 is 2.29 bits per heavy atom. The van der Waals surface area contributed by atoms with Crippen LogP contribution in [0.3, 0.4) is 0 Å². The summed E-state index contributed by atoms with van der Waals surface area (Å²) in [7, 11) is 0. The summed E-state index contributed by atoms with van der Waals surface area (Å²) in [5, 5.41) is 4.22. The third kappa shape index (κ3) is 2.93. The van der Waals surface area contributed by atoms with Crippen molar-refractivity contribution in [3.8, 4) is 5.75 Å². The minimum Gasteiger partial charge on any atom is -0.486 e.